The van der Waals surface area contributed by atoms with Crippen LogP contribution in [0, 0.1) is 0 Å². The summed E-state index contributed by atoms with van der Waals surface area (Å²) in [7, 11) is 0. The van der Waals surface area contributed by atoms with Gasteiger partial charge in [-0.15, -0.1) is 23.1 Å². The average Bonchev–Trinajstić information content (AvgIpc) is 3.15. The van der Waals surface area contributed by atoms with Gasteiger partial charge < -0.3 is 5.32 Å². The summed E-state index contributed by atoms with van der Waals surface area (Å²) >= 11 is 7.05. The fourth-order valence-electron chi connectivity index (χ4n) is 1.71. The van der Waals surface area contributed by atoms with Gasteiger partial charge in [-0.2, -0.15) is 0 Å². The van der Waals surface area contributed by atoms with Crippen molar-refractivity contribution in [2.24, 2.45) is 0 Å². The van der Waals surface area contributed by atoms with E-state index in [9.17, 15) is 0 Å². The fraction of sp³-hybridized carbons (Fsp3) is 0.357. The summed E-state index contributed by atoms with van der Waals surface area (Å²) in [5.41, 5.74) is 1.18. The van der Waals surface area contributed by atoms with Crippen molar-refractivity contribution >= 4 is 39.0 Å². The first-order valence-corrected chi connectivity index (χ1v) is 9.00. The van der Waals surface area contributed by atoms with Gasteiger partial charge in [-0.25, -0.2) is 4.98 Å². The summed E-state index contributed by atoms with van der Waals surface area (Å²) in [4.78, 5) is 5.96. The van der Waals surface area contributed by atoms with Gasteiger partial charge in [0.05, 0.1) is 11.4 Å². The van der Waals surface area contributed by atoms with E-state index in [0.29, 0.717) is 0 Å². The molecule has 0 aliphatic heterocycles. The van der Waals surface area contributed by atoms with Crippen molar-refractivity contribution < 1.29 is 0 Å². The van der Waals surface area contributed by atoms with Crippen LogP contribution in [0.3, 0.4) is 0 Å². The molecule has 2 nitrogen and oxygen atoms in total. The van der Waals surface area contributed by atoms with Crippen molar-refractivity contribution in [1.82, 2.24) is 10.3 Å². The average molecular weight is 355 g/mol. The number of hydrogen-bond donors (Lipinski definition) is 1. The largest absolute Gasteiger partial charge is 0.308 e. The maximum absolute atomic E-state index is 4.67. The number of nitrogens with zero attached hydrogens (tertiary/aromatic N) is 1. The molecule has 3 rings (SSSR count). The van der Waals surface area contributed by atoms with E-state index in [1.165, 1.54) is 28.4 Å². The first-order valence-electron chi connectivity index (χ1n) is 6.34. The van der Waals surface area contributed by atoms with Crippen LogP contribution in [0.2, 0.25) is 0 Å². The summed E-state index contributed by atoms with van der Waals surface area (Å²) in [5.74, 6) is 0.954. The molecule has 1 aliphatic carbocycles. The van der Waals surface area contributed by atoms with E-state index in [2.05, 4.69) is 55.9 Å². The van der Waals surface area contributed by atoms with Crippen LogP contribution >= 0.6 is 39.0 Å². The number of hydrogen-bond acceptors (Lipinski definition) is 4. The molecule has 1 N–H and O–H groups in total. The van der Waals surface area contributed by atoms with E-state index < -0.39 is 0 Å². The second-order valence-electron chi connectivity index (χ2n) is 4.63. The van der Waals surface area contributed by atoms with E-state index in [1.807, 2.05) is 11.8 Å². The lowest BCUT2D eigenvalue weighted by molar-refractivity contribution is 0.676. The standard InChI is InChI=1S/C14H15BrN2S2/c15-10-1-5-13(6-2-10)18-9-14-17-12(8-19-14)7-16-11-3-4-11/h1-2,5-6,8,11,16H,3-4,7,9H2. The van der Waals surface area contributed by atoms with Crippen LogP contribution in [0.25, 0.3) is 0 Å². The summed E-state index contributed by atoms with van der Waals surface area (Å²) < 4.78 is 1.12. The Morgan fingerprint density at radius 1 is 1.32 bits per heavy atom. The minimum Gasteiger partial charge on any atom is -0.308 e. The van der Waals surface area contributed by atoms with Gasteiger partial charge in [0.25, 0.3) is 0 Å². The van der Waals surface area contributed by atoms with Crippen LogP contribution in [0.1, 0.15) is 23.5 Å². The van der Waals surface area contributed by atoms with Gasteiger partial charge in [-0.1, -0.05) is 15.9 Å². The normalized spacial score (nSPS) is 14.8. The third kappa shape index (κ3) is 4.31. The molecule has 1 heterocycles. The lowest BCUT2D eigenvalue weighted by atomic mass is 10.4. The van der Waals surface area contributed by atoms with Crippen molar-refractivity contribution in [3.8, 4) is 0 Å². The van der Waals surface area contributed by atoms with Crippen LogP contribution in [0.15, 0.2) is 39.0 Å². The second kappa shape index (κ2) is 6.39. The first-order chi connectivity index (χ1) is 9.29. The summed E-state index contributed by atoms with van der Waals surface area (Å²) in [6, 6.07) is 9.18. The SMILES string of the molecule is Brc1ccc(SCc2nc(CNC3CC3)cs2)cc1. The molecule has 0 radical (unpaired) electrons. The number of thioether (sulfide) groups is 1. The highest BCUT2D eigenvalue weighted by atomic mass is 79.9. The molecule has 0 atom stereocenters. The Bertz CT molecular complexity index is 535. The van der Waals surface area contributed by atoms with Crippen LogP contribution in [-0.2, 0) is 12.3 Å². The smallest absolute Gasteiger partial charge is 0.103 e. The van der Waals surface area contributed by atoms with Crippen molar-refractivity contribution in [3.05, 3.63) is 44.8 Å². The molecule has 19 heavy (non-hydrogen) atoms. The zero-order valence-corrected chi connectivity index (χ0v) is 13.7. The number of aromatic nitrogens is 1. The maximum atomic E-state index is 4.67. The van der Waals surface area contributed by atoms with Crippen molar-refractivity contribution in [1.29, 1.82) is 0 Å². The zero-order valence-electron chi connectivity index (χ0n) is 10.4. The third-order valence-electron chi connectivity index (χ3n) is 2.92. The van der Waals surface area contributed by atoms with Gasteiger partial charge in [-0.05, 0) is 37.1 Å². The Labute approximate surface area is 130 Å². The second-order valence-corrected chi connectivity index (χ2v) is 7.54. The lowest BCUT2D eigenvalue weighted by Gasteiger charge is -2.00. The molecule has 0 spiro atoms. The number of nitrogens with one attached hydrogen (secondary N) is 1. The van der Waals surface area contributed by atoms with E-state index in [1.54, 1.807) is 11.3 Å². The molecule has 0 bridgehead atoms. The Kier molecular flexibility index (Phi) is 4.58. The quantitative estimate of drug-likeness (QED) is 0.775. The predicted molar refractivity (Wildman–Crippen MR) is 85.7 cm³/mol. The molecule has 1 aliphatic rings. The van der Waals surface area contributed by atoms with E-state index >= 15 is 0 Å². The minimum atomic E-state index is 0.752. The molecule has 0 amide bonds. The number of rotatable bonds is 6. The first kappa shape index (κ1) is 13.6. The Balaban J connectivity index is 1.50. The molecule has 0 unspecified atom stereocenters. The number of thiazole rings is 1. The van der Waals surface area contributed by atoms with E-state index in [4.69, 9.17) is 0 Å². The molecule has 2 aromatic rings. The van der Waals surface area contributed by atoms with Crippen molar-refractivity contribution in [2.45, 2.75) is 36.1 Å². The van der Waals surface area contributed by atoms with Crippen LogP contribution in [0.5, 0.6) is 0 Å². The van der Waals surface area contributed by atoms with Gasteiger partial charge >= 0.3 is 0 Å². The van der Waals surface area contributed by atoms with Crippen LogP contribution < -0.4 is 5.32 Å². The molecule has 5 heteroatoms. The molecule has 1 aromatic heterocycles. The Morgan fingerprint density at radius 3 is 2.84 bits per heavy atom. The Hall–Kier alpha value is -0.360. The van der Waals surface area contributed by atoms with Gasteiger partial charge in [0.2, 0.25) is 0 Å². The molecule has 1 aromatic carbocycles. The highest BCUT2D eigenvalue weighted by Gasteiger charge is 2.20. The number of benzene rings is 1. The maximum Gasteiger partial charge on any atom is 0.103 e. The lowest BCUT2D eigenvalue weighted by Crippen LogP contribution is -2.15. The predicted octanol–water partition coefficient (Wildman–Crippen LogP) is 4.45. The molecule has 0 saturated heterocycles. The van der Waals surface area contributed by atoms with E-state index in [-0.39, 0.29) is 0 Å². The third-order valence-corrected chi connectivity index (χ3v) is 5.56. The highest BCUT2D eigenvalue weighted by Crippen LogP contribution is 2.26. The molecular formula is C14H15BrN2S2. The minimum absolute atomic E-state index is 0.752. The molecule has 1 saturated carbocycles. The van der Waals surface area contributed by atoms with Gasteiger partial charge in [0, 0.05) is 27.3 Å². The highest BCUT2D eigenvalue weighted by molar-refractivity contribution is 9.10. The van der Waals surface area contributed by atoms with Gasteiger partial charge in [-0.3, -0.25) is 0 Å². The summed E-state index contributed by atoms with van der Waals surface area (Å²) in [6.07, 6.45) is 2.66. The van der Waals surface area contributed by atoms with Crippen molar-refractivity contribution in [3.63, 3.8) is 0 Å². The topological polar surface area (TPSA) is 24.9 Å². The number of halogens is 1. The molecular weight excluding hydrogens is 340 g/mol. The summed E-state index contributed by atoms with van der Waals surface area (Å²) in [5, 5.41) is 6.88. The molecule has 1 fully saturated rings. The van der Waals surface area contributed by atoms with Gasteiger partial charge in [0.15, 0.2) is 0 Å². The van der Waals surface area contributed by atoms with Crippen LogP contribution in [-0.4, -0.2) is 11.0 Å². The van der Waals surface area contributed by atoms with Gasteiger partial charge in [0.1, 0.15) is 5.01 Å². The summed E-state index contributed by atoms with van der Waals surface area (Å²) in [6.45, 7) is 0.921. The monoisotopic (exact) mass is 354 g/mol. The van der Waals surface area contributed by atoms with Crippen molar-refractivity contribution in [2.75, 3.05) is 0 Å². The Morgan fingerprint density at radius 2 is 2.11 bits per heavy atom. The van der Waals surface area contributed by atoms with E-state index in [0.717, 1.165) is 22.8 Å². The molecule has 100 valence electrons. The fourth-order valence-corrected chi connectivity index (χ4v) is 3.68. The van der Waals surface area contributed by atoms with Crippen LogP contribution in [0.4, 0.5) is 0 Å². The zero-order chi connectivity index (χ0) is 13.1.